The molecule has 0 unspecified atom stereocenters. The molecule has 0 radical (unpaired) electrons. The molecule has 2 rings (SSSR count). The number of carboxylic acids is 1. The summed E-state index contributed by atoms with van der Waals surface area (Å²) < 4.78 is 5.51. The van der Waals surface area contributed by atoms with E-state index >= 15 is 0 Å². The zero-order valence-electron chi connectivity index (χ0n) is 9.78. The van der Waals surface area contributed by atoms with Crippen molar-refractivity contribution in [2.75, 3.05) is 26.2 Å². The largest absolute Gasteiger partial charge is 0.481 e. The minimum atomic E-state index is -0.889. The summed E-state index contributed by atoms with van der Waals surface area (Å²) in [7, 11) is 0. The molecule has 6 heteroatoms. The van der Waals surface area contributed by atoms with Crippen LogP contribution in [0.2, 0.25) is 0 Å². The Morgan fingerprint density at radius 1 is 1.41 bits per heavy atom. The van der Waals surface area contributed by atoms with Gasteiger partial charge in [0.1, 0.15) is 5.60 Å². The Kier molecular flexibility index (Phi) is 3.51. The molecule has 0 atom stereocenters. The minimum Gasteiger partial charge on any atom is -0.481 e. The van der Waals surface area contributed by atoms with Crippen molar-refractivity contribution in [1.29, 1.82) is 0 Å². The number of carbonyl (C=O) groups is 2. The minimum absolute atomic E-state index is 0.0242. The Balaban J connectivity index is 1.88. The number of carboxylic acid groups (broad SMARTS) is 1. The van der Waals surface area contributed by atoms with Crippen LogP contribution in [0.3, 0.4) is 0 Å². The molecule has 2 N–H and O–H groups in total. The second-order valence-corrected chi connectivity index (χ2v) is 4.68. The van der Waals surface area contributed by atoms with Crippen LogP contribution in [0.25, 0.3) is 0 Å². The van der Waals surface area contributed by atoms with E-state index < -0.39 is 5.97 Å². The van der Waals surface area contributed by atoms with Crippen molar-refractivity contribution in [2.24, 2.45) is 0 Å². The van der Waals surface area contributed by atoms with Gasteiger partial charge in [-0.3, -0.25) is 4.79 Å². The van der Waals surface area contributed by atoms with E-state index in [-0.39, 0.29) is 24.7 Å². The van der Waals surface area contributed by atoms with Crippen molar-refractivity contribution in [3.8, 4) is 0 Å². The van der Waals surface area contributed by atoms with Crippen LogP contribution in [0.5, 0.6) is 0 Å². The van der Waals surface area contributed by atoms with Crippen molar-refractivity contribution >= 4 is 12.1 Å². The van der Waals surface area contributed by atoms with Gasteiger partial charge < -0.3 is 20.1 Å². The van der Waals surface area contributed by atoms with E-state index in [0.29, 0.717) is 6.54 Å². The lowest BCUT2D eigenvalue weighted by Gasteiger charge is -2.43. The summed E-state index contributed by atoms with van der Waals surface area (Å²) in [5.74, 6) is -0.889. The standard InChI is InChI=1S/C11H18N2O4/c14-9(15)1-7-13-8-4-11(17-10(13)16)2-5-12-6-3-11/h12H,1-8H2,(H,14,15). The zero-order chi connectivity index (χ0) is 12.3. The molecule has 2 aliphatic heterocycles. The zero-order valence-corrected chi connectivity index (χ0v) is 9.78. The van der Waals surface area contributed by atoms with Gasteiger partial charge in [0.25, 0.3) is 0 Å². The SMILES string of the molecule is O=C(O)CCN1CCC2(CCNCC2)OC1=O. The smallest absolute Gasteiger partial charge is 0.410 e. The monoisotopic (exact) mass is 242 g/mol. The summed E-state index contributed by atoms with van der Waals surface area (Å²) in [6.07, 6.45) is 2.13. The van der Waals surface area contributed by atoms with Crippen molar-refractivity contribution in [3.05, 3.63) is 0 Å². The fourth-order valence-corrected chi connectivity index (χ4v) is 2.40. The molecule has 0 bridgehead atoms. The molecule has 2 aliphatic rings. The molecule has 0 aromatic heterocycles. The highest BCUT2D eigenvalue weighted by molar-refractivity contribution is 5.71. The van der Waals surface area contributed by atoms with Gasteiger partial charge in [-0.1, -0.05) is 0 Å². The lowest BCUT2D eigenvalue weighted by molar-refractivity contribution is -0.137. The highest BCUT2D eigenvalue weighted by Gasteiger charge is 2.41. The Morgan fingerprint density at radius 3 is 2.71 bits per heavy atom. The molecule has 2 fully saturated rings. The summed E-state index contributed by atoms with van der Waals surface area (Å²) >= 11 is 0. The Bertz CT molecular complexity index is 313. The third-order valence-corrected chi connectivity index (χ3v) is 3.51. The van der Waals surface area contributed by atoms with E-state index in [1.165, 1.54) is 4.90 Å². The van der Waals surface area contributed by atoms with Gasteiger partial charge in [0.2, 0.25) is 0 Å². The van der Waals surface area contributed by atoms with Crippen LogP contribution in [-0.2, 0) is 9.53 Å². The summed E-state index contributed by atoms with van der Waals surface area (Å²) in [6, 6.07) is 0. The van der Waals surface area contributed by atoms with Gasteiger partial charge in [-0.05, 0) is 25.9 Å². The molecular weight excluding hydrogens is 224 g/mol. The second-order valence-electron chi connectivity index (χ2n) is 4.68. The average Bonchev–Trinajstić information content (AvgIpc) is 2.29. The third-order valence-electron chi connectivity index (χ3n) is 3.51. The van der Waals surface area contributed by atoms with Crippen LogP contribution in [0, 0.1) is 0 Å². The molecule has 0 aromatic rings. The highest BCUT2D eigenvalue weighted by Crippen LogP contribution is 2.31. The fraction of sp³-hybridized carbons (Fsp3) is 0.818. The summed E-state index contributed by atoms with van der Waals surface area (Å²) in [6.45, 7) is 2.60. The van der Waals surface area contributed by atoms with Crippen LogP contribution in [0.4, 0.5) is 4.79 Å². The summed E-state index contributed by atoms with van der Waals surface area (Å²) in [5, 5.41) is 11.8. The molecule has 0 saturated carbocycles. The molecule has 2 heterocycles. The van der Waals surface area contributed by atoms with Gasteiger partial charge in [-0.15, -0.1) is 0 Å². The van der Waals surface area contributed by atoms with Crippen LogP contribution in [0.15, 0.2) is 0 Å². The first-order valence-corrected chi connectivity index (χ1v) is 6.02. The Hall–Kier alpha value is -1.30. The first-order valence-electron chi connectivity index (χ1n) is 6.02. The lowest BCUT2D eigenvalue weighted by atomic mass is 9.87. The predicted molar refractivity (Wildman–Crippen MR) is 59.8 cm³/mol. The Labute approximate surface area is 99.9 Å². The maximum atomic E-state index is 11.8. The number of nitrogens with zero attached hydrogens (tertiary/aromatic N) is 1. The molecule has 2 saturated heterocycles. The summed E-state index contributed by atoms with van der Waals surface area (Å²) in [4.78, 5) is 23.7. The normalized spacial score (nSPS) is 23.5. The molecule has 1 amide bonds. The number of aliphatic carboxylic acids is 1. The quantitative estimate of drug-likeness (QED) is 0.750. The molecule has 0 aliphatic carbocycles. The average molecular weight is 242 g/mol. The van der Waals surface area contributed by atoms with Crippen molar-refractivity contribution in [1.82, 2.24) is 10.2 Å². The van der Waals surface area contributed by atoms with E-state index in [2.05, 4.69) is 5.32 Å². The molecule has 0 aromatic carbocycles. The molecule has 17 heavy (non-hydrogen) atoms. The van der Waals surface area contributed by atoms with Gasteiger partial charge in [-0.25, -0.2) is 4.79 Å². The van der Waals surface area contributed by atoms with Crippen molar-refractivity contribution < 1.29 is 19.4 Å². The summed E-state index contributed by atoms with van der Waals surface area (Å²) in [5.41, 5.74) is -0.304. The van der Waals surface area contributed by atoms with Gasteiger partial charge in [-0.2, -0.15) is 0 Å². The van der Waals surface area contributed by atoms with E-state index in [1.54, 1.807) is 0 Å². The molecule has 6 nitrogen and oxygen atoms in total. The number of ether oxygens (including phenoxy) is 1. The maximum absolute atomic E-state index is 11.8. The second kappa shape index (κ2) is 4.91. The predicted octanol–water partition coefficient (Wildman–Crippen LogP) is 0.426. The molecule has 96 valence electrons. The highest BCUT2D eigenvalue weighted by atomic mass is 16.6. The van der Waals surface area contributed by atoms with Crippen LogP contribution in [-0.4, -0.2) is 53.8 Å². The van der Waals surface area contributed by atoms with Gasteiger partial charge in [0, 0.05) is 19.5 Å². The first kappa shape index (κ1) is 12.2. The number of rotatable bonds is 3. The molecular formula is C11H18N2O4. The number of nitrogens with one attached hydrogen (secondary N) is 1. The topological polar surface area (TPSA) is 78.9 Å². The van der Waals surface area contributed by atoms with E-state index in [9.17, 15) is 9.59 Å². The Morgan fingerprint density at radius 2 is 2.12 bits per heavy atom. The van der Waals surface area contributed by atoms with Crippen LogP contribution >= 0.6 is 0 Å². The number of amides is 1. The van der Waals surface area contributed by atoms with Gasteiger partial charge >= 0.3 is 12.1 Å². The lowest BCUT2D eigenvalue weighted by Crippen LogP contribution is -2.54. The van der Waals surface area contributed by atoms with Gasteiger partial charge in [0.05, 0.1) is 6.42 Å². The van der Waals surface area contributed by atoms with E-state index in [4.69, 9.17) is 9.84 Å². The van der Waals surface area contributed by atoms with Gasteiger partial charge in [0.15, 0.2) is 0 Å². The number of hydrogen-bond acceptors (Lipinski definition) is 4. The number of piperidine rings is 1. The third kappa shape index (κ3) is 2.88. The van der Waals surface area contributed by atoms with E-state index in [0.717, 1.165) is 32.4 Å². The van der Waals surface area contributed by atoms with Crippen molar-refractivity contribution in [2.45, 2.75) is 31.3 Å². The van der Waals surface area contributed by atoms with E-state index in [1.807, 2.05) is 0 Å². The molecule has 1 spiro atoms. The number of hydrogen-bond donors (Lipinski definition) is 2. The van der Waals surface area contributed by atoms with Crippen LogP contribution in [0.1, 0.15) is 25.7 Å². The maximum Gasteiger partial charge on any atom is 0.410 e. The first-order chi connectivity index (χ1) is 8.11. The number of carbonyl (C=O) groups excluding carboxylic acids is 1. The van der Waals surface area contributed by atoms with Crippen LogP contribution < -0.4 is 5.32 Å². The fourth-order valence-electron chi connectivity index (χ4n) is 2.40. The van der Waals surface area contributed by atoms with Crippen molar-refractivity contribution in [3.63, 3.8) is 0 Å².